The number of nitrogens with zero attached hydrogens (tertiary/aromatic N) is 1. The lowest BCUT2D eigenvalue weighted by Crippen LogP contribution is -2.44. The normalized spacial score (nSPS) is 21.5. The predicted molar refractivity (Wildman–Crippen MR) is 61.9 cm³/mol. The summed E-state index contributed by atoms with van der Waals surface area (Å²) in [6.07, 6.45) is -0.966. The minimum atomic E-state index is -2.93. The largest absolute Gasteiger partial charge is 0.468 e. The summed E-state index contributed by atoms with van der Waals surface area (Å²) in [5.74, 6) is 0.137. The first-order valence-electron chi connectivity index (χ1n) is 4.85. The van der Waals surface area contributed by atoms with Crippen molar-refractivity contribution < 1.29 is 23.4 Å². The summed E-state index contributed by atoms with van der Waals surface area (Å²) in [5, 5.41) is 17.8. The van der Waals surface area contributed by atoms with E-state index >= 15 is 0 Å². The van der Waals surface area contributed by atoms with Crippen LogP contribution in [0.5, 0.6) is 0 Å². The molecule has 6 nitrogen and oxygen atoms in total. The number of rotatable bonds is 3. The summed E-state index contributed by atoms with van der Waals surface area (Å²) in [7, 11) is -2.93. The number of aliphatic hydroxyl groups is 2. The van der Waals surface area contributed by atoms with Crippen LogP contribution in [0.1, 0.15) is 0 Å². The molecule has 0 aliphatic carbocycles. The molecule has 1 atom stereocenters. The molecule has 1 aliphatic rings. The van der Waals surface area contributed by atoms with Crippen LogP contribution in [-0.4, -0.2) is 72.6 Å². The Balaban J connectivity index is 2.34. The van der Waals surface area contributed by atoms with Gasteiger partial charge in [0, 0.05) is 13.1 Å². The van der Waals surface area contributed by atoms with Crippen LogP contribution < -0.4 is 0 Å². The van der Waals surface area contributed by atoms with Gasteiger partial charge in [-0.25, -0.2) is 8.42 Å². The van der Waals surface area contributed by atoms with Gasteiger partial charge in [-0.2, -0.15) is 0 Å². The summed E-state index contributed by atoms with van der Waals surface area (Å²) in [4.78, 5) is 1.64. The molecular formula is C8H15NO5S2. The van der Waals surface area contributed by atoms with Crippen molar-refractivity contribution in [2.45, 2.75) is 6.10 Å². The Hall–Kier alpha value is -0.440. The molecule has 0 radical (unpaired) electrons. The van der Waals surface area contributed by atoms with Gasteiger partial charge in [0.15, 0.2) is 9.84 Å². The number of sulfone groups is 1. The standard InChI is InChI=1S/C8H15NO5S2/c10-5-7(11)6-14-8(15)9-1-3-16(12,13)4-2-9/h7,10-11H,1-6H2. The van der Waals surface area contributed by atoms with Crippen molar-refractivity contribution in [1.29, 1.82) is 0 Å². The third kappa shape index (κ3) is 4.20. The maximum Gasteiger partial charge on any atom is 0.259 e. The second kappa shape index (κ2) is 5.76. The van der Waals surface area contributed by atoms with Crippen molar-refractivity contribution in [3.05, 3.63) is 0 Å². The minimum Gasteiger partial charge on any atom is -0.468 e. The molecule has 1 fully saturated rings. The molecule has 0 aromatic heterocycles. The van der Waals surface area contributed by atoms with Gasteiger partial charge in [0.25, 0.3) is 5.17 Å². The number of hydrogen-bond donors (Lipinski definition) is 2. The quantitative estimate of drug-likeness (QED) is 0.595. The molecule has 1 heterocycles. The van der Waals surface area contributed by atoms with Crippen LogP contribution in [0.3, 0.4) is 0 Å². The van der Waals surface area contributed by atoms with Gasteiger partial charge in [-0.3, -0.25) is 0 Å². The van der Waals surface area contributed by atoms with E-state index in [1.165, 1.54) is 0 Å². The fourth-order valence-corrected chi connectivity index (χ4v) is 2.66. The minimum absolute atomic E-state index is 0.0685. The molecule has 16 heavy (non-hydrogen) atoms. The Bertz CT molecular complexity index is 328. The average Bonchev–Trinajstić information content (AvgIpc) is 2.25. The first-order valence-corrected chi connectivity index (χ1v) is 7.08. The molecule has 1 rings (SSSR count). The van der Waals surface area contributed by atoms with Gasteiger partial charge in [-0.05, 0) is 12.2 Å². The third-order valence-corrected chi connectivity index (χ3v) is 4.20. The summed E-state index contributed by atoms with van der Waals surface area (Å²) in [6.45, 7) is 0.155. The van der Waals surface area contributed by atoms with Crippen LogP contribution in [0.4, 0.5) is 0 Å². The number of hydrogen-bond acceptors (Lipinski definition) is 6. The van der Waals surface area contributed by atoms with E-state index in [0.29, 0.717) is 13.1 Å². The number of aliphatic hydroxyl groups excluding tert-OH is 2. The third-order valence-electron chi connectivity index (χ3n) is 2.21. The van der Waals surface area contributed by atoms with E-state index in [1.54, 1.807) is 4.90 Å². The van der Waals surface area contributed by atoms with Gasteiger partial charge in [0.1, 0.15) is 12.7 Å². The summed E-state index contributed by atoms with van der Waals surface area (Å²) in [6, 6.07) is 0. The van der Waals surface area contributed by atoms with Crippen LogP contribution >= 0.6 is 12.2 Å². The lowest BCUT2D eigenvalue weighted by atomic mass is 10.4. The van der Waals surface area contributed by atoms with Crippen molar-refractivity contribution in [2.24, 2.45) is 0 Å². The molecule has 0 amide bonds. The molecular weight excluding hydrogens is 254 g/mol. The first kappa shape index (κ1) is 13.6. The van der Waals surface area contributed by atoms with Crippen molar-refractivity contribution in [3.63, 3.8) is 0 Å². The highest BCUT2D eigenvalue weighted by Crippen LogP contribution is 2.05. The SMILES string of the molecule is O=S1(=O)CCN(C(=S)OCC(O)CO)CC1. The van der Waals surface area contributed by atoms with Crippen LogP contribution in [0, 0.1) is 0 Å². The molecule has 0 bridgehead atoms. The smallest absolute Gasteiger partial charge is 0.259 e. The van der Waals surface area contributed by atoms with Crippen LogP contribution in [0.25, 0.3) is 0 Å². The van der Waals surface area contributed by atoms with Gasteiger partial charge in [0.05, 0.1) is 18.1 Å². The van der Waals surface area contributed by atoms with Crippen LogP contribution in [-0.2, 0) is 14.6 Å². The molecule has 1 aliphatic heterocycles. The van der Waals surface area contributed by atoms with Gasteiger partial charge in [0.2, 0.25) is 0 Å². The van der Waals surface area contributed by atoms with E-state index in [0.717, 1.165) is 0 Å². The van der Waals surface area contributed by atoms with Gasteiger partial charge in [-0.1, -0.05) is 0 Å². The van der Waals surface area contributed by atoms with Gasteiger partial charge < -0.3 is 19.8 Å². The maximum atomic E-state index is 11.1. The summed E-state index contributed by atoms with van der Waals surface area (Å²) < 4.78 is 27.3. The molecule has 8 heteroatoms. The fourth-order valence-electron chi connectivity index (χ4n) is 1.21. The topological polar surface area (TPSA) is 87.1 Å². The predicted octanol–water partition coefficient (Wildman–Crippen LogP) is -1.63. The zero-order valence-corrected chi connectivity index (χ0v) is 10.3. The van der Waals surface area contributed by atoms with Crippen LogP contribution in [0.2, 0.25) is 0 Å². The molecule has 94 valence electrons. The Morgan fingerprint density at radius 3 is 2.50 bits per heavy atom. The number of thiocarbonyl (C=S) groups is 1. The zero-order chi connectivity index (χ0) is 12.2. The van der Waals surface area contributed by atoms with E-state index in [-0.39, 0.29) is 23.3 Å². The van der Waals surface area contributed by atoms with E-state index in [2.05, 4.69) is 0 Å². The lowest BCUT2D eigenvalue weighted by Gasteiger charge is -2.28. The zero-order valence-electron chi connectivity index (χ0n) is 8.70. The van der Waals surface area contributed by atoms with Gasteiger partial charge >= 0.3 is 0 Å². The highest BCUT2D eigenvalue weighted by atomic mass is 32.2. The van der Waals surface area contributed by atoms with E-state index in [9.17, 15) is 8.42 Å². The second-order valence-corrected chi connectivity index (χ2v) is 6.21. The second-order valence-electron chi connectivity index (χ2n) is 3.55. The molecule has 0 saturated carbocycles. The van der Waals surface area contributed by atoms with Crippen LogP contribution in [0.15, 0.2) is 0 Å². The van der Waals surface area contributed by atoms with E-state index in [1.807, 2.05) is 0 Å². The summed E-state index contributed by atoms with van der Waals surface area (Å²) >= 11 is 4.93. The first-order chi connectivity index (χ1) is 7.44. The van der Waals surface area contributed by atoms with Gasteiger partial charge in [-0.15, -0.1) is 0 Å². The van der Waals surface area contributed by atoms with Crippen molar-refractivity contribution in [3.8, 4) is 0 Å². The van der Waals surface area contributed by atoms with E-state index in [4.69, 9.17) is 27.2 Å². The molecule has 1 saturated heterocycles. The molecule has 0 spiro atoms. The van der Waals surface area contributed by atoms with Crippen molar-refractivity contribution in [1.82, 2.24) is 4.90 Å². The summed E-state index contributed by atoms with van der Waals surface area (Å²) in [5.41, 5.74) is 0. The van der Waals surface area contributed by atoms with E-state index < -0.39 is 22.5 Å². The van der Waals surface area contributed by atoms with Crippen molar-refractivity contribution >= 4 is 27.2 Å². The highest BCUT2D eigenvalue weighted by Gasteiger charge is 2.24. The average molecular weight is 269 g/mol. The Morgan fingerprint density at radius 2 is 2.00 bits per heavy atom. The highest BCUT2D eigenvalue weighted by molar-refractivity contribution is 7.91. The fraction of sp³-hybridized carbons (Fsp3) is 0.875. The maximum absolute atomic E-state index is 11.1. The number of ether oxygens (including phenoxy) is 1. The molecule has 1 unspecified atom stereocenters. The lowest BCUT2D eigenvalue weighted by molar-refractivity contribution is 0.0449. The molecule has 2 N–H and O–H groups in total. The van der Waals surface area contributed by atoms with Crippen molar-refractivity contribution in [2.75, 3.05) is 37.8 Å². The Morgan fingerprint density at radius 1 is 1.44 bits per heavy atom. The monoisotopic (exact) mass is 269 g/mol. The Labute approximate surface area is 99.7 Å². The Kier molecular flexibility index (Phi) is 4.90. The molecule has 0 aromatic rings. The molecule has 0 aromatic carbocycles.